The highest BCUT2D eigenvalue weighted by molar-refractivity contribution is 7.22. The lowest BCUT2D eigenvalue weighted by Gasteiger charge is -2.15. The molecule has 0 saturated heterocycles. The third-order valence-corrected chi connectivity index (χ3v) is 10.6. The molecule has 19 nitrogen and oxygen atoms in total. The molecule has 0 spiro atoms. The topological polar surface area (TPSA) is 223 Å². The number of hydrogen-bond donors (Lipinski definition) is 0. The predicted molar refractivity (Wildman–Crippen MR) is 259 cm³/mol. The molecule has 0 aliphatic carbocycles. The van der Waals surface area contributed by atoms with Crippen LogP contribution in [0.25, 0.3) is 21.0 Å². The van der Waals surface area contributed by atoms with Crippen molar-refractivity contribution >= 4 is 79.5 Å². The van der Waals surface area contributed by atoms with Crippen LogP contribution in [0.5, 0.6) is 28.7 Å². The van der Waals surface area contributed by atoms with E-state index in [0.717, 1.165) is 45.3 Å². The summed E-state index contributed by atoms with van der Waals surface area (Å²) < 4.78 is 54.1. The molecule has 20 heteroatoms. The number of hydrazone groups is 1. The second-order valence-electron chi connectivity index (χ2n) is 14.1. The van der Waals surface area contributed by atoms with Crippen LogP contribution in [0.3, 0.4) is 0 Å². The van der Waals surface area contributed by atoms with Crippen LogP contribution in [0, 0.1) is 0 Å². The van der Waals surface area contributed by atoms with Gasteiger partial charge in [0.15, 0.2) is 23.0 Å². The first kappa shape index (κ1) is 51.1. The summed E-state index contributed by atoms with van der Waals surface area (Å²) in [5.74, 6) is -4.48. The Kier molecular flexibility index (Phi) is 18.1. The fraction of sp³-hybridized carbons (Fsp3) is 0.137. The number of anilines is 1. The van der Waals surface area contributed by atoms with Crippen molar-refractivity contribution in [3.8, 4) is 28.7 Å². The molecule has 0 atom stereocenters. The van der Waals surface area contributed by atoms with Crippen molar-refractivity contribution in [1.82, 2.24) is 4.98 Å². The van der Waals surface area contributed by atoms with E-state index in [1.54, 1.807) is 30.3 Å². The van der Waals surface area contributed by atoms with E-state index in [9.17, 15) is 28.8 Å². The Bertz CT molecular complexity index is 3040. The maximum Gasteiger partial charge on any atom is 0.343 e. The normalized spacial score (nSPS) is 10.6. The van der Waals surface area contributed by atoms with E-state index in [0.29, 0.717) is 16.3 Å². The van der Waals surface area contributed by atoms with Gasteiger partial charge in [0, 0.05) is 48.7 Å². The van der Waals surface area contributed by atoms with Gasteiger partial charge in [-0.2, -0.15) is 5.10 Å². The first-order valence-electron chi connectivity index (χ1n) is 20.9. The van der Waals surface area contributed by atoms with E-state index >= 15 is 0 Å². The number of thiazole rings is 1. The van der Waals surface area contributed by atoms with Crippen LogP contribution in [0.2, 0.25) is 0 Å². The number of carbonyl (C=O) groups is 6. The fourth-order valence-electron chi connectivity index (χ4n) is 6.01. The summed E-state index contributed by atoms with van der Waals surface area (Å²) in [6, 6.07) is 24.9. The van der Waals surface area contributed by atoms with Gasteiger partial charge in [0.2, 0.25) is 32.3 Å². The van der Waals surface area contributed by atoms with Gasteiger partial charge in [-0.3, -0.25) is 0 Å². The molecule has 1 aromatic heterocycles. The van der Waals surface area contributed by atoms with Gasteiger partial charge in [0.05, 0.1) is 34.2 Å². The molecule has 0 aliphatic heterocycles. The molecule has 0 amide bonds. The lowest BCUT2D eigenvalue weighted by Crippen LogP contribution is -2.14. The summed E-state index contributed by atoms with van der Waals surface area (Å²) in [5, 5.41) is 8.85. The molecule has 5 aromatic carbocycles. The smallest absolute Gasteiger partial charge is 0.343 e. The van der Waals surface area contributed by atoms with E-state index < -0.39 is 63.0 Å². The standard InChI is InChI=1S/C51H43N3O16S/c1-6-44(55)66-28-62-39-19-15-34(25-41(39)64-30-68-46(57)8-3)49(59)61-23-22-32-14-18-38(36(24-32)27-52-54(5)51-53-48-37-13-11-10-12-33(37)17-21-43(48)71-51)70-50(60)35-16-20-40(63-29-67-45(56)7-2)42(26-35)65-31-69-47(58)9-4/h6-21,24-27H,1-4,22-23,28-31H2,5H3/b52-27+. The van der Waals surface area contributed by atoms with Crippen molar-refractivity contribution in [2.45, 2.75) is 6.42 Å². The lowest BCUT2D eigenvalue weighted by molar-refractivity contribution is -0.146. The van der Waals surface area contributed by atoms with Crippen LogP contribution in [-0.4, -0.2) is 87.8 Å². The fourth-order valence-corrected chi connectivity index (χ4v) is 6.91. The van der Waals surface area contributed by atoms with Crippen LogP contribution < -0.4 is 28.7 Å². The highest BCUT2D eigenvalue weighted by atomic mass is 32.1. The van der Waals surface area contributed by atoms with E-state index in [1.165, 1.54) is 53.9 Å². The van der Waals surface area contributed by atoms with Crippen LogP contribution in [0.4, 0.5) is 5.13 Å². The average Bonchev–Trinajstić information content (AvgIpc) is 3.84. The Balaban J connectivity index is 1.22. The van der Waals surface area contributed by atoms with Crippen molar-refractivity contribution in [3.05, 3.63) is 164 Å². The molecule has 0 bridgehead atoms. The Morgan fingerprint density at radius 2 is 1.11 bits per heavy atom. The van der Waals surface area contributed by atoms with Gasteiger partial charge in [-0.25, -0.2) is 38.8 Å². The van der Waals surface area contributed by atoms with E-state index in [2.05, 4.69) is 31.4 Å². The molecule has 0 aliphatic rings. The Morgan fingerprint density at radius 3 is 1.68 bits per heavy atom. The molecule has 0 radical (unpaired) electrons. The summed E-state index contributed by atoms with van der Waals surface area (Å²) in [6.45, 7) is 11.0. The van der Waals surface area contributed by atoms with Gasteiger partial charge in [-0.15, -0.1) is 0 Å². The Hall–Kier alpha value is -9.30. The number of aromatic nitrogens is 1. The second-order valence-corrected chi connectivity index (χ2v) is 15.1. The van der Waals surface area contributed by atoms with Gasteiger partial charge >= 0.3 is 35.8 Å². The summed E-state index contributed by atoms with van der Waals surface area (Å²) in [5.41, 5.74) is 1.87. The van der Waals surface area contributed by atoms with E-state index in [1.807, 2.05) is 36.4 Å². The molecule has 0 N–H and O–H groups in total. The minimum Gasteiger partial charge on any atom is -0.462 e. The van der Waals surface area contributed by atoms with Crippen LogP contribution >= 0.6 is 11.3 Å². The number of benzene rings is 5. The third kappa shape index (κ3) is 14.4. The van der Waals surface area contributed by atoms with E-state index in [4.69, 9.17) is 52.4 Å². The van der Waals surface area contributed by atoms with Crippen LogP contribution in [0.15, 0.2) is 147 Å². The van der Waals surface area contributed by atoms with E-state index in [-0.39, 0.29) is 52.9 Å². The van der Waals surface area contributed by atoms with Gasteiger partial charge in [0.25, 0.3) is 0 Å². The molecular weight excluding hydrogens is 943 g/mol. The Morgan fingerprint density at radius 1 is 0.592 bits per heavy atom. The number of hydrogen-bond acceptors (Lipinski definition) is 20. The second kappa shape index (κ2) is 25.2. The average molecular weight is 986 g/mol. The number of fused-ring (bicyclic) bond motifs is 3. The SMILES string of the molecule is C=CC(=O)OCOc1ccc(C(=O)OCCc2ccc(OC(=O)c3ccc(OCOC(=O)C=C)c(OCOC(=O)C=C)c3)c(/C=N/N(C)c3nc4c(ccc5ccccc54)s3)c2)cc1OCOC(=O)C=C. The highest BCUT2D eigenvalue weighted by Crippen LogP contribution is 2.34. The number of carbonyl (C=O) groups excluding carboxylic acids is 6. The number of esters is 6. The van der Waals surface area contributed by atoms with Crippen molar-refractivity contribution < 1.29 is 76.1 Å². The third-order valence-electron chi connectivity index (χ3n) is 9.51. The molecule has 6 rings (SSSR count). The zero-order chi connectivity index (χ0) is 50.7. The zero-order valence-electron chi connectivity index (χ0n) is 37.9. The van der Waals surface area contributed by atoms with Crippen LogP contribution in [0.1, 0.15) is 31.8 Å². The molecular formula is C51H43N3O16S. The van der Waals surface area contributed by atoms with Crippen molar-refractivity contribution in [2.75, 3.05) is 45.8 Å². The predicted octanol–water partition coefficient (Wildman–Crippen LogP) is 7.80. The summed E-state index contributed by atoms with van der Waals surface area (Å²) in [4.78, 5) is 78.2. The van der Waals surface area contributed by atoms with Gasteiger partial charge in [-0.05, 0) is 65.5 Å². The number of ether oxygens (including phenoxy) is 10. The quantitative estimate of drug-likeness (QED) is 0.0101. The van der Waals surface area contributed by atoms with Gasteiger partial charge < -0.3 is 47.4 Å². The summed E-state index contributed by atoms with van der Waals surface area (Å²) >= 11 is 1.44. The molecule has 1 heterocycles. The van der Waals surface area contributed by atoms with Crippen molar-refractivity contribution in [2.24, 2.45) is 5.10 Å². The van der Waals surface area contributed by atoms with Crippen LogP contribution in [-0.2, 0) is 49.3 Å². The maximum absolute atomic E-state index is 13.8. The molecule has 364 valence electrons. The first-order chi connectivity index (χ1) is 34.4. The first-order valence-corrected chi connectivity index (χ1v) is 21.8. The number of rotatable bonds is 25. The largest absolute Gasteiger partial charge is 0.462 e. The zero-order valence-corrected chi connectivity index (χ0v) is 38.7. The summed E-state index contributed by atoms with van der Waals surface area (Å²) in [6.07, 6.45) is 5.47. The van der Waals surface area contributed by atoms with Crippen molar-refractivity contribution in [1.29, 1.82) is 0 Å². The van der Waals surface area contributed by atoms with Gasteiger partial charge in [-0.1, -0.05) is 74.1 Å². The van der Waals surface area contributed by atoms with Crippen molar-refractivity contribution in [3.63, 3.8) is 0 Å². The molecule has 0 unspecified atom stereocenters. The molecule has 6 aromatic rings. The Labute approximate surface area is 409 Å². The van der Waals surface area contributed by atoms with Gasteiger partial charge in [0.1, 0.15) is 5.75 Å². The molecule has 0 fully saturated rings. The maximum atomic E-state index is 13.8. The molecule has 71 heavy (non-hydrogen) atoms. The minimum atomic E-state index is -0.832. The lowest BCUT2D eigenvalue weighted by atomic mass is 10.1. The highest BCUT2D eigenvalue weighted by Gasteiger charge is 2.19. The monoisotopic (exact) mass is 985 g/mol. The number of nitrogens with zero attached hydrogens (tertiary/aromatic N) is 3. The summed E-state index contributed by atoms with van der Waals surface area (Å²) in [7, 11) is 1.72. The minimum absolute atomic E-state index is 0.00904. The molecule has 0 saturated carbocycles.